The molecule has 3 rings (SSSR count). The third-order valence-electron chi connectivity index (χ3n) is 5.51. The molecule has 3 amide bonds. The molecule has 1 aliphatic heterocycles. The number of piperidine rings is 1. The average molecular weight is 457 g/mol. The summed E-state index contributed by atoms with van der Waals surface area (Å²) in [6.45, 7) is 0.586. The van der Waals surface area contributed by atoms with Crippen LogP contribution in [-0.2, 0) is 20.8 Å². The van der Waals surface area contributed by atoms with E-state index in [1.807, 2.05) is 0 Å². The smallest absolute Gasteiger partial charge is 0.251 e. The van der Waals surface area contributed by atoms with Crippen molar-refractivity contribution in [2.45, 2.75) is 37.8 Å². The van der Waals surface area contributed by atoms with Gasteiger partial charge in [-0.05, 0) is 61.2 Å². The number of nitrogens with one attached hydrogen (secondary N) is 3. The number of halogens is 2. The van der Waals surface area contributed by atoms with E-state index in [2.05, 4.69) is 16.0 Å². The Hall–Kier alpha value is -3.62. The molecule has 0 spiro atoms. The van der Waals surface area contributed by atoms with Gasteiger partial charge in [-0.1, -0.05) is 12.1 Å². The van der Waals surface area contributed by atoms with E-state index >= 15 is 0 Å². The molecule has 1 unspecified atom stereocenters. The van der Waals surface area contributed by atoms with Crippen molar-refractivity contribution in [1.82, 2.24) is 16.0 Å². The lowest BCUT2D eigenvalue weighted by Crippen LogP contribution is -2.52. The lowest BCUT2D eigenvalue weighted by atomic mass is 9.92. The van der Waals surface area contributed by atoms with Crippen molar-refractivity contribution in [2.75, 3.05) is 6.54 Å². The predicted octanol–water partition coefficient (Wildman–Crippen LogP) is 1.91. The van der Waals surface area contributed by atoms with Crippen LogP contribution in [-0.4, -0.2) is 42.6 Å². The summed E-state index contributed by atoms with van der Waals surface area (Å²) in [5.41, 5.74) is 0.740. The van der Waals surface area contributed by atoms with E-state index < -0.39 is 41.5 Å². The van der Waals surface area contributed by atoms with Crippen molar-refractivity contribution in [3.05, 3.63) is 71.3 Å². The zero-order valence-corrected chi connectivity index (χ0v) is 17.9. The Morgan fingerprint density at radius 2 is 1.67 bits per heavy atom. The van der Waals surface area contributed by atoms with Crippen molar-refractivity contribution in [3.63, 3.8) is 0 Å². The minimum Gasteiger partial charge on any atom is -0.356 e. The van der Waals surface area contributed by atoms with Crippen LogP contribution in [0.15, 0.2) is 48.5 Å². The fourth-order valence-corrected chi connectivity index (χ4v) is 3.71. The number of carbonyl (C=O) groups excluding carboxylic acids is 4. The molecule has 1 saturated heterocycles. The molecule has 7 nitrogen and oxygen atoms in total. The highest BCUT2D eigenvalue weighted by molar-refractivity contribution is 5.98. The number of hydrogen-bond donors (Lipinski definition) is 3. The maximum atomic E-state index is 13.3. The minimum atomic E-state index is -1.09. The third-order valence-corrected chi connectivity index (χ3v) is 5.51. The Morgan fingerprint density at radius 1 is 1.03 bits per heavy atom. The summed E-state index contributed by atoms with van der Waals surface area (Å²) >= 11 is 0. The Balaban J connectivity index is 1.73. The van der Waals surface area contributed by atoms with E-state index in [0.717, 1.165) is 18.6 Å². The first-order valence-electron chi connectivity index (χ1n) is 10.7. The fraction of sp³-hybridized carbons (Fsp3) is 0.333. The van der Waals surface area contributed by atoms with Crippen molar-refractivity contribution in [2.24, 2.45) is 5.92 Å². The molecule has 0 aliphatic carbocycles. The van der Waals surface area contributed by atoms with E-state index in [-0.39, 0.29) is 24.3 Å². The zero-order valence-electron chi connectivity index (χ0n) is 17.9. The molecule has 174 valence electrons. The Labute approximate surface area is 189 Å². The molecule has 1 aliphatic rings. The molecule has 1 fully saturated rings. The normalized spacial score (nSPS) is 17.4. The van der Waals surface area contributed by atoms with Gasteiger partial charge in [-0.3, -0.25) is 14.4 Å². The Kier molecular flexibility index (Phi) is 8.23. The number of amides is 3. The molecule has 0 saturated carbocycles. The van der Waals surface area contributed by atoms with Gasteiger partial charge >= 0.3 is 0 Å². The Bertz CT molecular complexity index is 996. The molecule has 1 heterocycles. The van der Waals surface area contributed by atoms with Gasteiger partial charge in [0.1, 0.15) is 24.0 Å². The first kappa shape index (κ1) is 24.0. The van der Waals surface area contributed by atoms with E-state index in [4.69, 9.17) is 0 Å². The van der Waals surface area contributed by atoms with Crippen LogP contribution in [0.25, 0.3) is 0 Å². The van der Waals surface area contributed by atoms with Crippen LogP contribution in [0.3, 0.4) is 0 Å². The lowest BCUT2D eigenvalue weighted by Gasteiger charge is -2.26. The first-order chi connectivity index (χ1) is 15.9. The number of carbonyl (C=O) groups is 4. The largest absolute Gasteiger partial charge is 0.356 e. The highest BCUT2D eigenvalue weighted by Crippen LogP contribution is 2.17. The summed E-state index contributed by atoms with van der Waals surface area (Å²) in [5.74, 6) is -2.72. The van der Waals surface area contributed by atoms with E-state index in [1.165, 1.54) is 36.4 Å². The molecule has 2 aromatic carbocycles. The van der Waals surface area contributed by atoms with E-state index in [9.17, 15) is 28.0 Å². The number of aldehydes is 1. The summed E-state index contributed by atoms with van der Waals surface area (Å²) in [7, 11) is 0. The highest BCUT2D eigenvalue weighted by atomic mass is 19.1. The van der Waals surface area contributed by atoms with Gasteiger partial charge in [-0.15, -0.1) is 0 Å². The topological polar surface area (TPSA) is 104 Å². The lowest BCUT2D eigenvalue weighted by molar-refractivity contribution is -0.129. The van der Waals surface area contributed by atoms with Gasteiger partial charge in [-0.2, -0.15) is 0 Å². The maximum Gasteiger partial charge on any atom is 0.251 e. The van der Waals surface area contributed by atoms with Crippen molar-refractivity contribution in [3.8, 4) is 0 Å². The summed E-state index contributed by atoms with van der Waals surface area (Å²) in [4.78, 5) is 49.3. The second-order valence-corrected chi connectivity index (χ2v) is 7.98. The molecule has 33 heavy (non-hydrogen) atoms. The molecule has 9 heteroatoms. The third kappa shape index (κ3) is 6.93. The average Bonchev–Trinajstić information content (AvgIpc) is 2.81. The summed E-state index contributed by atoms with van der Waals surface area (Å²) in [6.07, 6.45) is 2.16. The highest BCUT2D eigenvalue weighted by Gasteiger charge is 2.29. The van der Waals surface area contributed by atoms with Gasteiger partial charge in [0.25, 0.3) is 5.91 Å². The van der Waals surface area contributed by atoms with Crippen LogP contribution in [0.4, 0.5) is 8.78 Å². The predicted molar refractivity (Wildman–Crippen MR) is 116 cm³/mol. The van der Waals surface area contributed by atoms with E-state index in [1.54, 1.807) is 0 Å². The van der Waals surface area contributed by atoms with Crippen LogP contribution >= 0.6 is 0 Å². The molecule has 3 atom stereocenters. The molecule has 2 aromatic rings. The summed E-state index contributed by atoms with van der Waals surface area (Å²) in [6, 6.07) is 8.28. The van der Waals surface area contributed by atoms with E-state index in [0.29, 0.717) is 24.8 Å². The molecule has 3 N–H and O–H groups in total. The summed E-state index contributed by atoms with van der Waals surface area (Å²) < 4.78 is 26.4. The Morgan fingerprint density at radius 3 is 2.27 bits per heavy atom. The molecule has 0 bridgehead atoms. The second kappa shape index (κ2) is 11.3. The first-order valence-corrected chi connectivity index (χ1v) is 10.7. The number of hydrogen-bond acceptors (Lipinski definition) is 4. The van der Waals surface area contributed by atoms with Crippen molar-refractivity contribution >= 4 is 24.0 Å². The number of benzene rings is 2. The van der Waals surface area contributed by atoms with Crippen LogP contribution < -0.4 is 16.0 Å². The van der Waals surface area contributed by atoms with Gasteiger partial charge in [0, 0.05) is 24.4 Å². The summed E-state index contributed by atoms with van der Waals surface area (Å²) in [5, 5.41) is 7.93. The number of rotatable bonds is 9. The monoisotopic (exact) mass is 457 g/mol. The van der Waals surface area contributed by atoms with Crippen LogP contribution in [0.2, 0.25) is 0 Å². The van der Waals surface area contributed by atoms with Gasteiger partial charge < -0.3 is 20.7 Å². The minimum absolute atomic E-state index is 0.0362. The van der Waals surface area contributed by atoms with Crippen molar-refractivity contribution < 1.29 is 28.0 Å². The van der Waals surface area contributed by atoms with Gasteiger partial charge in [-0.25, -0.2) is 8.78 Å². The van der Waals surface area contributed by atoms with Gasteiger partial charge in [0.15, 0.2) is 0 Å². The molecular weight excluding hydrogens is 432 g/mol. The fourth-order valence-electron chi connectivity index (χ4n) is 3.71. The molecule has 0 radical (unpaired) electrons. The molecule has 0 aromatic heterocycles. The van der Waals surface area contributed by atoms with Crippen LogP contribution in [0.5, 0.6) is 0 Å². The standard InChI is InChI=1S/C24H25F2N3O4/c25-18-7-3-15(4-8-18)12-21(29-23(32)16-5-9-19(26)10-6-16)24(33)28-20(14-30)13-17-2-1-11-27-22(17)31/h3-10,14,17,20-21H,1-2,11-13H2,(H,27,31)(H,28,33)(H,29,32)/t17?,20-,21-/m0/s1. The van der Waals surface area contributed by atoms with Gasteiger partial charge in [0.2, 0.25) is 11.8 Å². The van der Waals surface area contributed by atoms with Crippen LogP contribution in [0, 0.1) is 17.6 Å². The van der Waals surface area contributed by atoms with Crippen molar-refractivity contribution in [1.29, 1.82) is 0 Å². The van der Waals surface area contributed by atoms with Gasteiger partial charge in [0.05, 0.1) is 6.04 Å². The van der Waals surface area contributed by atoms with Crippen LogP contribution in [0.1, 0.15) is 35.2 Å². The second-order valence-electron chi connectivity index (χ2n) is 7.98. The SMILES string of the molecule is O=C[C@H](CC1CCCNC1=O)NC(=O)[C@H](Cc1ccc(F)cc1)NC(=O)c1ccc(F)cc1. The zero-order chi connectivity index (χ0) is 23.8. The molecular formula is C24H25F2N3O4. The quantitative estimate of drug-likeness (QED) is 0.501. The maximum absolute atomic E-state index is 13.3.